The van der Waals surface area contributed by atoms with Gasteiger partial charge in [-0.1, -0.05) is 20.3 Å². The maximum Gasteiger partial charge on any atom is 0.328 e. The predicted molar refractivity (Wildman–Crippen MR) is 102 cm³/mol. The molecule has 29 heavy (non-hydrogen) atoms. The van der Waals surface area contributed by atoms with Gasteiger partial charge in [-0.25, -0.2) is 4.79 Å². The molecule has 0 fully saturated rings. The smallest absolute Gasteiger partial charge is 0.328 e. The average Bonchev–Trinajstić information content (AvgIpc) is 2.64. The van der Waals surface area contributed by atoms with Gasteiger partial charge in [-0.3, -0.25) is 19.2 Å². The van der Waals surface area contributed by atoms with Gasteiger partial charge in [-0.2, -0.15) is 0 Å². The summed E-state index contributed by atoms with van der Waals surface area (Å²) in [6.45, 7) is 4.21. The molecular weight excluding hydrogens is 386 g/mol. The van der Waals surface area contributed by atoms with Crippen molar-refractivity contribution >= 4 is 29.6 Å². The number of nitrogens with two attached hydrogens (primary N) is 2. The minimum atomic E-state index is -1.54. The van der Waals surface area contributed by atoms with E-state index in [1.807, 2.05) is 6.92 Å². The van der Waals surface area contributed by atoms with Crippen molar-refractivity contribution in [2.24, 2.45) is 17.4 Å². The van der Waals surface area contributed by atoms with E-state index in [0.29, 0.717) is 6.42 Å². The van der Waals surface area contributed by atoms with E-state index in [1.165, 1.54) is 6.92 Å². The summed E-state index contributed by atoms with van der Waals surface area (Å²) in [6, 6.07) is -3.57. The van der Waals surface area contributed by atoms with E-state index >= 15 is 0 Å². The van der Waals surface area contributed by atoms with Crippen LogP contribution in [0.5, 0.6) is 0 Å². The third-order valence-corrected chi connectivity index (χ3v) is 4.36. The summed E-state index contributed by atoms with van der Waals surface area (Å²) in [7, 11) is 0. The van der Waals surface area contributed by atoms with Crippen molar-refractivity contribution in [1.82, 2.24) is 16.0 Å². The van der Waals surface area contributed by atoms with Gasteiger partial charge >= 0.3 is 5.97 Å². The molecule has 0 aliphatic rings. The van der Waals surface area contributed by atoms with E-state index < -0.39 is 60.4 Å². The second kappa shape index (κ2) is 12.7. The molecule has 0 radical (unpaired) electrons. The number of aliphatic carboxylic acids is 1. The Hall–Kier alpha value is -2.73. The number of carbonyl (C=O) groups excluding carboxylic acids is 4. The molecule has 0 aliphatic heterocycles. The molecule has 0 aromatic heterocycles. The molecule has 5 unspecified atom stereocenters. The lowest BCUT2D eigenvalue weighted by molar-refractivity contribution is -0.144. The number of carboxylic acid groups (broad SMARTS) is 1. The molecule has 9 N–H and O–H groups in total. The van der Waals surface area contributed by atoms with Gasteiger partial charge in [-0.05, 0) is 19.3 Å². The molecular formula is C17H31N5O7. The summed E-state index contributed by atoms with van der Waals surface area (Å²) in [4.78, 5) is 58.4. The van der Waals surface area contributed by atoms with Crippen LogP contribution in [0, 0.1) is 5.92 Å². The molecule has 166 valence electrons. The Morgan fingerprint density at radius 2 is 1.62 bits per heavy atom. The van der Waals surface area contributed by atoms with Crippen molar-refractivity contribution in [3.8, 4) is 0 Å². The maximum absolute atomic E-state index is 12.3. The van der Waals surface area contributed by atoms with Crippen LogP contribution in [0.2, 0.25) is 0 Å². The predicted octanol–water partition coefficient (Wildman–Crippen LogP) is -2.82. The first-order chi connectivity index (χ1) is 13.4. The summed E-state index contributed by atoms with van der Waals surface area (Å²) in [6.07, 6.45) is -1.00. The van der Waals surface area contributed by atoms with E-state index in [9.17, 15) is 29.1 Å². The molecule has 0 aromatic carbocycles. The summed E-state index contributed by atoms with van der Waals surface area (Å²) < 4.78 is 0. The molecule has 12 heteroatoms. The van der Waals surface area contributed by atoms with Crippen LogP contribution in [0.1, 0.15) is 40.0 Å². The van der Waals surface area contributed by atoms with Crippen molar-refractivity contribution in [1.29, 1.82) is 0 Å². The lowest BCUT2D eigenvalue weighted by atomic mass is 9.98. The van der Waals surface area contributed by atoms with Crippen LogP contribution in [0.4, 0.5) is 0 Å². The second-order valence-corrected chi connectivity index (χ2v) is 6.82. The van der Waals surface area contributed by atoms with Crippen LogP contribution in [0.25, 0.3) is 0 Å². The number of hydrogen-bond acceptors (Lipinski definition) is 7. The van der Waals surface area contributed by atoms with Gasteiger partial charge in [0.1, 0.15) is 6.04 Å². The quantitative estimate of drug-likeness (QED) is 0.165. The topological polar surface area (TPSA) is 214 Å². The Kier molecular flexibility index (Phi) is 11.5. The van der Waals surface area contributed by atoms with Crippen LogP contribution in [0.15, 0.2) is 0 Å². The minimum Gasteiger partial charge on any atom is -0.480 e. The third kappa shape index (κ3) is 9.85. The number of hydrogen-bond donors (Lipinski definition) is 7. The van der Waals surface area contributed by atoms with Gasteiger partial charge in [-0.15, -0.1) is 0 Å². The fourth-order valence-electron chi connectivity index (χ4n) is 2.24. The molecule has 0 saturated carbocycles. The molecule has 0 bridgehead atoms. The molecule has 5 atom stereocenters. The third-order valence-electron chi connectivity index (χ3n) is 4.36. The lowest BCUT2D eigenvalue weighted by Crippen LogP contribution is -2.55. The molecule has 0 rings (SSSR count). The first-order valence-corrected chi connectivity index (χ1v) is 9.22. The standard InChI is InChI=1S/C17H31N5O7/c1-4-8(2)13(19)16(27)21-10(5-6-11(18)24)15(26)20-7-12(25)22-14(9(3)23)17(28)29/h8-10,13-14,23H,4-7,19H2,1-3H3,(H2,18,24)(H,20,26)(H,21,27)(H,22,25)(H,28,29). The fourth-order valence-corrected chi connectivity index (χ4v) is 2.24. The molecule has 4 amide bonds. The molecule has 0 saturated heterocycles. The first-order valence-electron chi connectivity index (χ1n) is 9.22. The summed E-state index contributed by atoms with van der Waals surface area (Å²) in [5.74, 6) is -4.48. The Morgan fingerprint density at radius 3 is 2.07 bits per heavy atom. The SMILES string of the molecule is CCC(C)C(N)C(=O)NC(CCC(N)=O)C(=O)NCC(=O)NC(C(=O)O)C(C)O. The van der Waals surface area contributed by atoms with Crippen molar-refractivity contribution < 1.29 is 34.2 Å². The van der Waals surface area contributed by atoms with Crippen LogP contribution >= 0.6 is 0 Å². The number of carbonyl (C=O) groups is 5. The van der Waals surface area contributed by atoms with Crippen LogP contribution in [-0.2, 0) is 24.0 Å². The van der Waals surface area contributed by atoms with Crippen molar-refractivity contribution in [3.05, 3.63) is 0 Å². The highest BCUT2D eigenvalue weighted by Crippen LogP contribution is 2.06. The Bertz CT molecular complexity index is 611. The number of amides is 4. The van der Waals surface area contributed by atoms with Crippen molar-refractivity contribution in [2.75, 3.05) is 6.54 Å². The van der Waals surface area contributed by atoms with E-state index in [4.69, 9.17) is 16.6 Å². The Morgan fingerprint density at radius 1 is 1.03 bits per heavy atom. The number of rotatable bonds is 13. The largest absolute Gasteiger partial charge is 0.480 e. The highest BCUT2D eigenvalue weighted by Gasteiger charge is 2.28. The van der Waals surface area contributed by atoms with Gasteiger partial charge in [0, 0.05) is 6.42 Å². The van der Waals surface area contributed by atoms with Gasteiger partial charge < -0.3 is 37.6 Å². The summed E-state index contributed by atoms with van der Waals surface area (Å²) >= 11 is 0. The van der Waals surface area contributed by atoms with Gasteiger partial charge in [0.2, 0.25) is 23.6 Å². The van der Waals surface area contributed by atoms with Crippen LogP contribution in [0.3, 0.4) is 0 Å². The zero-order chi connectivity index (χ0) is 22.7. The zero-order valence-electron chi connectivity index (χ0n) is 16.8. The number of carboxylic acids is 1. The van der Waals surface area contributed by atoms with E-state index in [1.54, 1.807) is 6.92 Å². The monoisotopic (exact) mass is 417 g/mol. The number of aliphatic hydroxyl groups excluding tert-OH is 1. The minimum absolute atomic E-state index is 0.104. The summed E-state index contributed by atoms with van der Waals surface area (Å²) in [5, 5.41) is 25.0. The maximum atomic E-state index is 12.3. The van der Waals surface area contributed by atoms with E-state index in [0.717, 1.165) is 0 Å². The molecule has 0 aliphatic carbocycles. The second-order valence-electron chi connectivity index (χ2n) is 6.82. The van der Waals surface area contributed by atoms with Crippen molar-refractivity contribution in [2.45, 2.75) is 64.3 Å². The van der Waals surface area contributed by atoms with E-state index in [2.05, 4.69) is 16.0 Å². The molecule has 0 heterocycles. The number of nitrogens with one attached hydrogen (secondary N) is 3. The highest BCUT2D eigenvalue weighted by molar-refractivity contribution is 5.93. The average molecular weight is 417 g/mol. The Balaban J connectivity index is 4.95. The molecule has 0 aromatic rings. The zero-order valence-corrected chi connectivity index (χ0v) is 16.8. The first kappa shape index (κ1) is 26.3. The van der Waals surface area contributed by atoms with E-state index in [-0.39, 0.29) is 18.8 Å². The molecule has 12 nitrogen and oxygen atoms in total. The summed E-state index contributed by atoms with van der Waals surface area (Å²) in [5.41, 5.74) is 10.9. The van der Waals surface area contributed by atoms with Gasteiger partial charge in [0.25, 0.3) is 0 Å². The van der Waals surface area contributed by atoms with Gasteiger partial charge in [0.15, 0.2) is 6.04 Å². The number of aliphatic hydroxyl groups is 1. The van der Waals surface area contributed by atoms with Crippen LogP contribution in [-0.4, -0.2) is 70.6 Å². The Labute approximate surface area is 168 Å². The highest BCUT2D eigenvalue weighted by atomic mass is 16.4. The van der Waals surface area contributed by atoms with Crippen molar-refractivity contribution in [3.63, 3.8) is 0 Å². The van der Waals surface area contributed by atoms with Crippen LogP contribution < -0.4 is 27.4 Å². The fraction of sp³-hybridized carbons (Fsp3) is 0.706. The normalized spacial score (nSPS) is 15.9. The molecule has 0 spiro atoms. The van der Waals surface area contributed by atoms with Gasteiger partial charge in [0.05, 0.1) is 18.7 Å². The lowest BCUT2D eigenvalue weighted by Gasteiger charge is -2.23. The number of primary amides is 1.